The number of anilines is 1. The second-order valence-corrected chi connectivity index (χ2v) is 4.23. The third-order valence-corrected chi connectivity index (χ3v) is 3.13. The summed E-state index contributed by atoms with van der Waals surface area (Å²) in [4.78, 5) is 5.60. The van der Waals surface area contributed by atoms with Gasteiger partial charge in [-0.15, -0.1) is 11.3 Å². The van der Waals surface area contributed by atoms with Gasteiger partial charge in [-0.3, -0.25) is 0 Å². The van der Waals surface area contributed by atoms with E-state index in [1.165, 1.54) is 4.88 Å². The molecule has 1 aliphatic rings. The zero-order valence-corrected chi connectivity index (χ0v) is 7.94. The molecule has 4 heteroatoms. The molecule has 66 valence electrons. The number of furan rings is 1. The molecule has 0 atom stereocenters. The Morgan fingerprint density at radius 1 is 1.62 bits per heavy atom. The number of hydrogen-bond donors (Lipinski definition) is 1. The minimum Gasteiger partial charge on any atom is -0.461 e. The SMILES string of the molecule is Cc1nc2c(s1)-c1occc1NC2. The molecule has 13 heavy (non-hydrogen) atoms. The Morgan fingerprint density at radius 2 is 2.54 bits per heavy atom. The smallest absolute Gasteiger partial charge is 0.168 e. The van der Waals surface area contributed by atoms with E-state index in [-0.39, 0.29) is 0 Å². The van der Waals surface area contributed by atoms with Gasteiger partial charge >= 0.3 is 0 Å². The van der Waals surface area contributed by atoms with Crippen LogP contribution in [0.3, 0.4) is 0 Å². The van der Waals surface area contributed by atoms with E-state index in [9.17, 15) is 0 Å². The lowest BCUT2D eigenvalue weighted by atomic mass is 10.2. The maximum atomic E-state index is 5.40. The summed E-state index contributed by atoms with van der Waals surface area (Å²) in [6.07, 6.45) is 1.71. The summed E-state index contributed by atoms with van der Waals surface area (Å²) in [6, 6.07) is 1.95. The molecule has 3 heterocycles. The van der Waals surface area contributed by atoms with Crippen LogP contribution >= 0.6 is 11.3 Å². The summed E-state index contributed by atoms with van der Waals surface area (Å²) < 4.78 is 5.40. The molecule has 0 unspecified atom stereocenters. The van der Waals surface area contributed by atoms with Crippen LogP contribution < -0.4 is 5.32 Å². The fourth-order valence-electron chi connectivity index (χ4n) is 1.57. The fourth-order valence-corrected chi connectivity index (χ4v) is 2.51. The lowest BCUT2D eigenvalue weighted by Gasteiger charge is -2.10. The fraction of sp³-hybridized carbons (Fsp3) is 0.222. The van der Waals surface area contributed by atoms with Crippen molar-refractivity contribution in [1.29, 1.82) is 0 Å². The van der Waals surface area contributed by atoms with E-state index in [0.717, 1.165) is 28.7 Å². The predicted molar refractivity (Wildman–Crippen MR) is 51.9 cm³/mol. The molecule has 2 aromatic rings. The van der Waals surface area contributed by atoms with Crippen LogP contribution in [0.2, 0.25) is 0 Å². The first-order chi connectivity index (χ1) is 6.34. The summed E-state index contributed by atoms with van der Waals surface area (Å²) in [6.45, 7) is 2.83. The Labute approximate surface area is 79.4 Å². The third kappa shape index (κ3) is 0.920. The first-order valence-corrected chi connectivity index (χ1v) is 4.94. The van der Waals surface area contributed by atoms with Gasteiger partial charge in [0.05, 0.1) is 34.1 Å². The molecular weight excluding hydrogens is 184 g/mol. The van der Waals surface area contributed by atoms with E-state index in [4.69, 9.17) is 4.42 Å². The largest absolute Gasteiger partial charge is 0.461 e. The molecule has 0 amide bonds. The van der Waals surface area contributed by atoms with Crippen molar-refractivity contribution in [2.45, 2.75) is 13.5 Å². The van der Waals surface area contributed by atoms with E-state index in [0.29, 0.717) is 0 Å². The lowest BCUT2D eigenvalue weighted by molar-refractivity contribution is 0.582. The number of aryl methyl sites for hydroxylation is 1. The van der Waals surface area contributed by atoms with E-state index < -0.39 is 0 Å². The molecule has 1 N–H and O–H groups in total. The van der Waals surface area contributed by atoms with Crippen molar-refractivity contribution in [3.05, 3.63) is 23.0 Å². The van der Waals surface area contributed by atoms with Crippen molar-refractivity contribution in [3.63, 3.8) is 0 Å². The predicted octanol–water partition coefficient (Wildman–Crippen LogP) is 2.64. The van der Waals surface area contributed by atoms with Crippen molar-refractivity contribution in [2.24, 2.45) is 0 Å². The normalized spacial score (nSPS) is 13.3. The summed E-state index contributed by atoms with van der Waals surface area (Å²) in [5.41, 5.74) is 2.18. The summed E-state index contributed by atoms with van der Waals surface area (Å²) in [5, 5.41) is 4.36. The third-order valence-electron chi connectivity index (χ3n) is 2.12. The van der Waals surface area contributed by atoms with Gasteiger partial charge in [0.2, 0.25) is 0 Å². The number of fused-ring (bicyclic) bond motifs is 3. The molecule has 0 spiro atoms. The van der Waals surface area contributed by atoms with Crippen molar-refractivity contribution in [1.82, 2.24) is 4.98 Å². The second-order valence-electron chi connectivity index (χ2n) is 3.03. The molecule has 0 saturated carbocycles. The number of nitrogens with zero attached hydrogens (tertiary/aromatic N) is 1. The molecule has 3 nitrogen and oxygen atoms in total. The first kappa shape index (κ1) is 7.15. The molecule has 0 radical (unpaired) electrons. The van der Waals surface area contributed by atoms with Crippen LogP contribution in [-0.2, 0) is 6.54 Å². The van der Waals surface area contributed by atoms with Crippen molar-refractivity contribution < 1.29 is 4.42 Å². The zero-order chi connectivity index (χ0) is 8.84. The van der Waals surface area contributed by atoms with Crippen LogP contribution in [0, 0.1) is 6.92 Å². The van der Waals surface area contributed by atoms with Crippen molar-refractivity contribution in [2.75, 3.05) is 5.32 Å². The molecule has 0 fully saturated rings. The van der Waals surface area contributed by atoms with Gasteiger partial charge in [0.1, 0.15) is 0 Å². The average molecular weight is 192 g/mol. The van der Waals surface area contributed by atoms with Crippen LogP contribution in [-0.4, -0.2) is 4.98 Å². The Hall–Kier alpha value is -1.29. The van der Waals surface area contributed by atoms with E-state index >= 15 is 0 Å². The van der Waals surface area contributed by atoms with Crippen LogP contribution in [0.15, 0.2) is 16.7 Å². The van der Waals surface area contributed by atoms with Gasteiger partial charge in [-0.25, -0.2) is 4.98 Å². The molecule has 0 bridgehead atoms. The second kappa shape index (κ2) is 2.35. The lowest BCUT2D eigenvalue weighted by Crippen LogP contribution is -2.05. The topological polar surface area (TPSA) is 38.1 Å². The molecule has 1 aliphatic heterocycles. The molecule has 0 aliphatic carbocycles. The van der Waals surface area contributed by atoms with Gasteiger partial charge in [0.25, 0.3) is 0 Å². The number of thiazole rings is 1. The first-order valence-electron chi connectivity index (χ1n) is 4.12. The van der Waals surface area contributed by atoms with Crippen LogP contribution in [0.4, 0.5) is 5.69 Å². The highest BCUT2D eigenvalue weighted by atomic mass is 32.1. The Morgan fingerprint density at radius 3 is 3.46 bits per heavy atom. The van der Waals surface area contributed by atoms with E-state index in [2.05, 4.69) is 10.3 Å². The maximum Gasteiger partial charge on any atom is 0.168 e. The Bertz CT molecular complexity index is 458. The standard InChI is InChI=1S/C9H8N2OS/c1-5-11-7-4-10-6-2-3-12-8(6)9(7)13-5/h2-3,10H,4H2,1H3. The number of hydrogen-bond acceptors (Lipinski definition) is 4. The molecule has 0 saturated heterocycles. The molecule has 3 rings (SSSR count). The van der Waals surface area contributed by atoms with Gasteiger partial charge in [-0.1, -0.05) is 0 Å². The van der Waals surface area contributed by atoms with Gasteiger partial charge in [-0.2, -0.15) is 0 Å². The molecule has 2 aromatic heterocycles. The Balaban J connectivity index is 2.29. The van der Waals surface area contributed by atoms with Gasteiger partial charge < -0.3 is 9.73 Å². The highest BCUT2D eigenvalue weighted by molar-refractivity contribution is 7.15. The quantitative estimate of drug-likeness (QED) is 0.697. The summed E-state index contributed by atoms with van der Waals surface area (Å²) in [5.74, 6) is 0.937. The van der Waals surface area contributed by atoms with Gasteiger partial charge in [0, 0.05) is 6.07 Å². The van der Waals surface area contributed by atoms with Gasteiger partial charge in [0.15, 0.2) is 5.76 Å². The number of nitrogens with one attached hydrogen (secondary N) is 1. The molecular formula is C9H8N2OS. The van der Waals surface area contributed by atoms with E-state index in [1.807, 2.05) is 13.0 Å². The number of aromatic nitrogens is 1. The summed E-state index contributed by atoms with van der Waals surface area (Å²) in [7, 11) is 0. The van der Waals surface area contributed by atoms with Crippen LogP contribution in [0.25, 0.3) is 10.6 Å². The maximum absolute atomic E-state index is 5.40. The van der Waals surface area contributed by atoms with Crippen LogP contribution in [0.1, 0.15) is 10.7 Å². The number of rotatable bonds is 0. The van der Waals surface area contributed by atoms with Gasteiger partial charge in [-0.05, 0) is 6.92 Å². The minimum atomic E-state index is 0.812. The monoisotopic (exact) mass is 192 g/mol. The average Bonchev–Trinajstić information content (AvgIpc) is 2.65. The summed E-state index contributed by atoms with van der Waals surface area (Å²) >= 11 is 1.69. The van der Waals surface area contributed by atoms with Crippen LogP contribution in [0.5, 0.6) is 0 Å². The minimum absolute atomic E-state index is 0.812. The van der Waals surface area contributed by atoms with E-state index in [1.54, 1.807) is 17.6 Å². The van der Waals surface area contributed by atoms with Crippen molar-refractivity contribution >= 4 is 17.0 Å². The zero-order valence-electron chi connectivity index (χ0n) is 7.13. The highest BCUT2D eigenvalue weighted by Crippen LogP contribution is 2.39. The van der Waals surface area contributed by atoms with Crippen molar-refractivity contribution in [3.8, 4) is 10.6 Å². The molecule has 0 aromatic carbocycles. The Kier molecular flexibility index (Phi) is 1.29. The highest BCUT2D eigenvalue weighted by Gasteiger charge is 2.21.